The fourth-order valence-corrected chi connectivity index (χ4v) is 4.71. The lowest BCUT2D eigenvalue weighted by Gasteiger charge is -2.09. The second-order valence-electron chi connectivity index (χ2n) is 6.75. The van der Waals surface area contributed by atoms with E-state index < -0.39 is 0 Å². The molecular formula is C23H18N2O2S. The number of hydrogen-bond donors (Lipinski definition) is 1. The summed E-state index contributed by atoms with van der Waals surface area (Å²) in [6.07, 6.45) is 4.09. The lowest BCUT2D eigenvalue weighted by molar-refractivity contribution is 0.102. The van der Waals surface area contributed by atoms with E-state index >= 15 is 0 Å². The predicted octanol–water partition coefficient (Wildman–Crippen LogP) is 4.98. The molecule has 0 aliphatic heterocycles. The number of rotatable bonds is 4. The number of carbonyl (C=O) groups excluding carboxylic acids is 2. The van der Waals surface area contributed by atoms with Crippen LogP contribution in [0.3, 0.4) is 0 Å². The van der Waals surface area contributed by atoms with Crippen LogP contribution in [0.2, 0.25) is 0 Å². The molecule has 4 nitrogen and oxygen atoms in total. The van der Waals surface area contributed by atoms with Crippen molar-refractivity contribution in [3.8, 4) is 6.07 Å². The van der Waals surface area contributed by atoms with E-state index in [-0.39, 0.29) is 11.7 Å². The van der Waals surface area contributed by atoms with Crippen LogP contribution in [0.5, 0.6) is 0 Å². The molecule has 0 fully saturated rings. The Kier molecular flexibility index (Phi) is 5.05. The molecule has 0 saturated heterocycles. The Balaban J connectivity index is 1.53. The Morgan fingerprint density at radius 2 is 1.54 bits per heavy atom. The van der Waals surface area contributed by atoms with Gasteiger partial charge in [0, 0.05) is 21.6 Å². The summed E-state index contributed by atoms with van der Waals surface area (Å²) in [5.74, 6) is -0.348. The van der Waals surface area contributed by atoms with Crippen LogP contribution in [0.1, 0.15) is 55.1 Å². The lowest BCUT2D eigenvalue weighted by atomic mass is 9.96. The largest absolute Gasteiger partial charge is 0.312 e. The molecule has 1 aliphatic rings. The number of thiophene rings is 1. The van der Waals surface area contributed by atoms with E-state index in [1.54, 1.807) is 36.4 Å². The number of fused-ring (bicyclic) bond motifs is 1. The van der Waals surface area contributed by atoms with Crippen molar-refractivity contribution in [3.63, 3.8) is 0 Å². The van der Waals surface area contributed by atoms with E-state index in [2.05, 4.69) is 11.4 Å². The second-order valence-corrected chi connectivity index (χ2v) is 7.86. The molecule has 5 heteroatoms. The maximum atomic E-state index is 12.6. The van der Waals surface area contributed by atoms with Gasteiger partial charge < -0.3 is 5.32 Å². The minimum atomic E-state index is -0.270. The summed E-state index contributed by atoms with van der Waals surface area (Å²) in [4.78, 5) is 26.3. The number of nitrogens with one attached hydrogen (secondary N) is 1. The monoisotopic (exact) mass is 386 g/mol. The molecule has 138 valence electrons. The van der Waals surface area contributed by atoms with Gasteiger partial charge >= 0.3 is 0 Å². The number of benzene rings is 2. The lowest BCUT2D eigenvalue weighted by Crippen LogP contribution is -2.12. The van der Waals surface area contributed by atoms with Crippen molar-refractivity contribution < 1.29 is 9.59 Å². The first-order chi connectivity index (χ1) is 13.7. The van der Waals surface area contributed by atoms with E-state index in [4.69, 9.17) is 0 Å². The molecule has 0 unspecified atom stereocenters. The molecule has 0 radical (unpaired) electrons. The number of nitrogens with zero attached hydrogens (tertiary/aromatic N) is 1. The minimum absolute atomic E-state index is 0.0785. The standard InChI is InChI=1S/C23H18N2O2S/c24-14-19-18-8-4-5-9-20(18)28-23(19)25-22(27)17-12-10-16(11-13-17)21(26)15-6-2-1-3-7-15/h1-3,6-7,10-13H,4-5,8-9H2,(H,25,27). The number of amides is 1. The molecule has 1 aromatic heterocycles. The molecule has 0 spiro atoms. The predicted molar refractivity (Wildman–Crippen MR) is 110 cm³/mol. The topological polar surface area (TPSA) is 70.0 Å². The number of hydrogen-bond acceptors (Lipinski definition) is 4. The fraction of sp³-hybridized carbons (Fsp3) is 0.174. The molecule has 0 bridgehead atoms. The third-order valence-electron chi connectivity index (χ3n) is 4.96. The normalized spacial score (nSPS) is 12.7. The smallest absolute Gasteiger partial charge is 0.256 e. The third kappa shape index (κ3) is 3.47. The first-order valence-corrected chi connectivity index (χ1v) is 10.0. The van der Waals surface area contributed by atoms with Gasteiger partial charge in [-0.1, -0.05) is 42.5 Å². The highest BCUT2D eigenvalue weighted by molar-refractivity contribution is 7.16. The molecule has 1 N–H and O–H groups in total. The highest BCUT2D eigenvalue weighted by atomic mass is 32.1. The Labute approximate surface area is 167 Å². The van der Waals surface area contributed by atoms with Gasteiger partial charge in [0.15, 0.2) is 5.78 Å². The molecule has 28 heavy (non-hydrogen) atoms. The third-order valence-corrected chi connectivity index (χ3v) is 6.16. The van der Waals surface area contributed by atoms with Crippen LogP contribution >= 0.6 is 11.3 Å². The molecule has 1 aliphatic carbocycles. The van der Waals surface area contributed by atoms with E-state index in [1.165, 1.54) is 16.2 Å². The van der Waals surface area contributed by atoms with Crippen LogP contribution in [-0.2, 0) is 12.8 Å². The van der Waals surface area contributed by atoms with Crippen LogP contribution in [0.25, 0.3) is 0 Å². The summed E-state index contributed by atoms with van der Waals surface area (Å²) in [7, 11) is 0. The highest BCUT2D eigenvalue weighted by Crippen LogP contribution is 2.37. The van der Waals surface area contributed by atoms with Crippen molar-refractivity contribution in [2.24, 2.45) is 0 Å². The Hall–Kier alpha value is -3.23. The summed E-state index contributed by atoms with van der Waals surface area (Å²) in [5, 5.41) is 13.0. The van der Waals surface area contributed by atoms with Gasteiger partial charge in [0.05, 0.1) is 5.56 Å². The average molecular weight is 386 g/mol. The molecule has 3 aromatic rings. The number of aryl methyl sites for hydroxylation is 1. The van der Waals surface area contributed by atoms with E-state index in [0.717, 1.165) is 31.2 Å². The first kappa shape index (κ1) is 18.1. The molecule has 0 saturated carbocycles. The molecular weight excluding hydrogens is 368 g/mol. The van der Waals surface area contributed by atoms with Crippen LogP contribution in [-0.4, -0.2) is 11.7 Å². The highest BCUT2D eigenvalue weighted by Gasteiger charge is 2.22. The number of anilines is 1. The van der Waals surface area contributed by atoms with Crippen molar-refractivity contribution in [1.82, 2.24) is 0 Å². The van der Waals surface area contributed by atoms with Gasteiger partial charge in [-0.25, -0.2) is 0 Å². The quantitative estimate of drug-likeness (QED) is 0.643. The first-order valence-electron chi connectivity index (χ1n) is 9.23. The van der Waals surface area contributed by atoms with Crippen molar-refractivity contribution in [3.05, 3.63) is 87.3 Å². The van der Waals surface area contributed by atoms with Gasteiger partial charge in [-0.2, -0.15) is 5.26 Å². The van der Waals surface area contributed by atoms with E-state index in [0.29, 0.717) is 27.3 Å². The Morgan fingerprint density at radius 3 is 2.25 bits per heavy atom. The Bertz CT molecular complexity index is 1080. The van der Waals surface area contributed by atoms with E-state index in [1.807, 2.05) is 18.2 Å². The number of ketones is 1. The average Bonchev–Trinajstić information content (AvgIpc) is 3.10. The fourth-order valence-electron chi connectivity index (χ4n) is 3.48. The van der Waals surface area contributed by atoms with Crippen molar-refractivity contribution in [1.29, 1.82) is 5.26 Å². The van der Waals surface area contributed by atoms with Gasteiger partial charge in [-0.15, -0.1) is 11.3 Å². The summed E-state index contributed by atoms with van der Waals surface area (Å²) in [5.41, 5.74) is 3.30. The van der Waals surface area contributed by atoms with Gasteiger partial charge in [0.1, 0.15) is 11.1 Å². The van der Waals surface area contributed by atoms with Gasteiger partial charge in [-0.05, 0) is 43.4 Å². The number of carbonyl (C=O) groups is 2. The van der Waals surface area contributed by atoms with E-state index in [9.17, 15) is 14.9 Å². The molecule has 1 amide bonds. The van der Waals surface area contributed by atoms with Crippen LogP contribution in [0.15, 0.2) is 54.6 Å². The van der Waals surface area contributed by atoms with Crippen molar-refractivity contribution in [2.45, 2.75) is 25.7 Å². The van der Waals surface area contributed by atoms with Gasteiger partial charge in [-0.3, -0.25) is 9.59 Å². The summed E-state index contributed by atoms with van der Waals surface area (Å²) in [6, 6.07) is 17.9. The molecule has 1 heterocycles. The second kappa shape index (κ2) is 7.79. The maximum Gasteiger partial charge on any atom is 0.256 e. The summed E-state index contributed by atoms with van der Waals surface area (Å²) in [6.45, 7) is 0. The van der Waals surface area contributed by atoms with Crippen LogP contribution in [0, 0.1) is 11.3 Å². The zero-order valence-electron chi connectivity index (χ0n) is 15.2. The minimum Gasteiger partial charge on any atom is -0.312 e. The molecule has 0 atom stereocenters. The zero-order valence-corrected chi connectivity index (χ0v) is 16.0. The van der Waals surface area contributed by atoms with Gasteiger partial charge in [0.2, 0.25) is 0 Å². The van der Waals surface area contributed by atoms with Crippen LogP contribution in [0.4, 0.5) is 5.00 Å². The maximum absolute atomic E-state index is 12.6. The summed E-state index contributed by atoms with van der Waals surface area (Å²) < 4.78 is 0. The molecule has 2 aromatic carbocycles. The van der Waals surface area contributed by atoms with Crippen LogP contribution < -0.4 is 5.32 Å². The zero-order chi connectivity index (χ0) is 19.5. The van der Waals surface area contributed by atoms with Gasteiger partial charge in [0.25, 0.3) is 5.91 Å². The van der Waals surface area contributed by atoms with Crippen molar-refractivity contribution >= 4 is 28.0 Å². The summed E-state index contributed by atoms with van der Waals surface area (Å²) >= 11 is 1.51. The Morgan fingerprint density at radius 1 is 0.893 bits per heavy atom. The van der Waals surface area contributed by atoms with Crippen molar-refractivity contribution in [2.75, 3.05) is 5.32 Å². The number of nitriles is 1. The molecule has 4 rings (SSSR count). The SMILES string of the molecule is N#Cc1c(NC(=O)c2ccc(C(=O)c3ccccc3)cc2)sc2c1CCCC2.